The molecule has 4 nitrogen and oxygen atoms in total. The highest BCUT2D eigenvalue weighted by Gasteiger charge is 2.37. The smallest absolute Gasteiger partial charge is 0.313 e. The monoisotopic (exact) mass is 445 g/mol. The normalized spacial score (nSPS) is 18.6. The Balaban J connectivity index is 1.71. The van der Waals surface area contributed by atoms with E-state index in [1.165, 1.54) is 18.2 Å². The maximum atomic E-state index is 13.5. The van der Waals surface area contributed by atoms with E-state index in [9.17, 15) is 17.4 Å². The largest absolute Gasteiger partial charge is 0.417 e. The van der Waals surface area contributed by atoms with Crippen LogP contribution in [-0.4, -0.2) is 33.1 Å². The van der Waals surface area contributed by atoms with Crippen LogP contribution < -0.4 is 5.32 Å². The van der Waals surface area contributed by atoms with Gasteiger partial charge in [-0.2, -0.15) is 13.2 Å². The molecule has 2 atom stereocenters. The number of hydrogen-bond acceptors (Lipinski definition) is 3. The van der Waals surface area contributed by atoms with E-state index in [2.05, 4.69) is 10.3 Å². The summed E-state index contributed by atoms with van der Waals surface area (Å²) in [5.74, 6) is 0. The Morgan fingerprint density at radius 3 is 2.71 bits per heavy atom. The second-order valence-corrected chi connectivity index (χ2v) is 8.83. The molecule has 0 bridgehead atoms. The van der Waals surface area contributed by atoms with Crippen LogP contribution in [0.15, 0.2) is 71.9 Å². The fraction of sp³-hybridized carbons (Fsp3) is 0.261. The van der Waals surface area contributed by atoms with Gasteiger partial charge in [-0.15, -0.1) is 0 Å². The minimum absolute atomic E-state index is 0.206. The molecule has 3 aromatic rings. The predicted molar refractivity (Wildman–Crippen MR) is 115 cm³/mol. The molecule has 1 N–H and O–H groups in total. The third-order valence-electron chi connectivity index (χ3n) is 5.39. The van der Waals surface area contributed by atoms with Gasteiger partial charge in [0.1, 0.15) is 11.0 Å². The summed E-state index contributed by atoms with van der Waals surface area (Å²) in [6, 6.07) is 14.6. The first-order chi connectivity index (χ1) is 14.9. The van der Waals surface area contributed by atoms with Crippen LogP contribution in [0.5, 0.6) is 0 Å². The van der Waals surface area contributed by atoms with Crippen molar-refractivity contribution in [3.05, 3.63) is 83.7 Å². The lowest BCUT2D eigenvalue weighted by molar-refractivity contribution is -0.139. The molecule has 1 aliphatic rings. The number of nitrogens with one attached hydrogen (secondary N) is 1. The third kappa shape index (κ3) is 4.56. The lowest BCUT2D eigenvalue weighted by Crippen LogP contribution is -2.46. The molecule has 2 unspecified atom stereocenters. The summed E-state index contributed by atoms with van der Waals surface area (Å²) in [6.07, 6.45) is -1.04. The molecule has 162 valence electrons. The number of pyridine rings is 1. The van der Waals surface area contributed by atoms with E-state index in [4.69, 9.17) is 0 Å². The van der Waals surface area contributed by atoms with E-state index < -0.39 is 22.7 Å². The molecule has 4 rings (SSSR count). The van der Waals surface area contributed by atoms with Crippen LogP contribution in [0.1, 0.15) is 22.7 Å². The van der Waals surface area contributed by atoms with Gasteiger partial charge in [0.2, 0.25) is 0 Å². The summed E-state index contributed by atoms with van der Waals surface area (Å²) < 4.78 is 55.5. The Bertz CT molecular complexity index is 1100. The van der Waals surface area contributed by atoms with Crippen LogP contribution in [0.3, 0.4) is 0 Å². The second kappa shape index (κ2) is 8.90. The number of halogens is 3. The fourth-order valence-corrected chi connectivity index (χ4v) is 5.36. The van der Waals surface area contributed by atoms with Gasteiger partial charge in [0, 0.05) is 32.0 Å². The Morgan fingerprint density at radius 2 is 1.94 bits per heavy atom. The van der Waals surface area contributed by atoms with Crippen molar-refractivity contribution in [2.75, 3.05) is 19.6 Å². The lowest BCUT2D eigenvalue weighted by atomic mass is 9.97. The number of nitrogens with zero attached hydrogens (tertiary/aromatic N) is 2. The van der Waals surface area contributed by atoms with E-state index >= 15 is 0 Å². The molecule has 1 aromatic heterocycles. The van der Waals surface area contributed by atoms with Crippen LogP contribution in [0.4, 0.5) is 13.2 Å². The summed E-state index contributed by atoms with van der Waals surface area (Å²) in [5.41, 5.74) is 3.10. The van der Waals surface area contributed by atoms with E-state index in [1.807, 2.05) is 37.3 Å². The summed E-state index contributed by atoms with van der Waals surface area (Å²) >= 11 is 0. The minimum atomic E-state index is -4.56. The van der Waals surface area contributed by atoms with Crippen LogP contribution in [0.2, 0.25) is 0 Å². The van der Waals surface area contributed by atoms with Crippen LogP contribution in [0, 0.1) is 6.92 Å². The number of aromatic nitrogens is 1. The van der Waals surface area contributed by atoms with E-state index in [-0.39, 0.29) is 10.9 Å². The van der Waals surface area contributed by atoms with Crippen molar-refractivity contribution < 1.29 is 17.4 Å². The molecule has 0 radical (unpaired) electrons. The van der Waals surface area contributed by atoms with Gasteiger partial charge in [-0.25, -0.2) is 8.51 Å². The highest BCUT2D eigenvalue weighted by atomic mass is 32.2. The van der Waals surface area contributed by atoms with Crippen molar-refractivity contribution >= 4 is 11.0 Å². The summed E-state index contributed by atoms with van der Waals surface area (Å²) in [6.45, 7) is 3.41. The molecule has 0 aliphatic carbocycles. The van der Waals surface area contributed by atoms with Crippen molar-refractivity contribution in [2.24, 2.45) is 0 Å². The highest BCUT2D eigenvalue weighted by Crippen LogP contribution is 2.36. The topological polar surface area (TPSA) is 45.2 Å². The van der Waals surface area contributed by atoms with Gasteiger partial charge in [-0.05, 0) is 53.4 Å². The quantitative estimate of drug-likeness (QED) is 0.631. The van der Waals surface area contributed by atoms with Crippen molar-refractivity contribution in [2.45, 2.75) is 24.0 Å². The molecule has 8 heteroatoms. The molecule has 1 saturated heterocycles. The van der Waals surface area contributed by atoms with Gasteiger partial charge < -0.3 is 5.32 Å². The van der Waals surface area contributed by atoms with Gasteiger partial charge in [0.25, 0.3) is 0 Å². The summed E-state index contributed by atoms with van der Waals surface area (Å²) in [5, 5.41) is 3.28. The highest BCUT2D eigenvalue weighted by molar-refractivity contribution is 7.82. The Hall–Kier alpha value is -2.55. The molecular weight excluding hydrogens is 423 g/mol. The van der Waals surface area contributed by atoms with Gasteiger partial charge in [0.15, 0.2) is 0 Å². The molecular formula is C23H22F3N3OS. The van der Waals surface area contributed by atoms with Crippen LogP contribution >= 0.6 is 0 Å². The van der Waals surface area contributed by atoms with Crippen molar-refractivity contribution in [1.29, 1.82) is 0 Å². The van der Waals surface area contributed by atoms with Gasteiger partial charge in [0.05, 0.1) is 16.5 Å². The molecule has 1 aliphatic heterocycles. The van der Waals surface area contributed by atoms with E-state index in [1.54, 1.807) is 16.7 Å². The molecule has 0 saturated carbocycles. The Kier molecular flexibility index (Phi) is 6.22. The average Bonchev–Trinajstić information content (AvgIpc) is 2.78. The number of hydrogen-bond donors (Lipinski definition) is 1. The van der Waals surface area contributed by atoms with E-state index in [0.717, 1.165) is 28.3 Å². The summed E-state index contributed by atoms with van der Waals surface area (Å²) in [7, 11) is -1.95. The van der Waals surface area contributed by atoms with Crippen molar-refractivity contribution in [3.8, 4) is 11.1 Å². The third-order valence-corrected chi connectivity index (χ3v) is 6.99. The first-order valence-electron chi connectivity index (χ1n) is 9.92. The zero-order chi connectivity index (χ0) is 22.0. The first kappa shape index (κ1) is 21.7. The number of alkyl halides is 3. The van der Waals surface area contributed by atoms with E-state index in [0.29, 0.717) is 19.6 Å². The number of benzene rings is 2. The number of aryl methyl sites for hydroxylation is 1. The molecule has 31 heavy (non-hydrogen) atoms. The summed E-state index contributed by atoms with van der Waals surface area (Å²) in [4.78, 5) is 3.92. The maximum absolute atomic E-state index is 13.5. The molecule has 0 amide bonds. The van der Waals surface area contributed by atoms with Gasteiger partial charge in [-0.1, -0.05) is 30.3 Å². The van der Waals surface area contributed by atoms with Gasteiger partial charge in [-0.3, -0.25) is 4.98 Å². The predicted octanol–water partition coefficient (Wildman–Crippen LogP) is 4.74. The Labute approximate surface area is 181 Å². The first-order valence-corrected chi connectivity index (χ1v) is 11.0. The maximum Gasteiger partial charge on any atom is 0.417 e. The SMILES string of the molecule is Cc1cnccc1-c1cccc(C2CNCCN2S(=O)c2ccccc2C(F)(F)F)c1. The molecule has 0 spiro atoms. The average molecular weight is 446 g/mol. The fourth-order valence-electron chi connectivity index (χ4n) is 3.86. The molecule has 2 aromatic carbocycles. The lowest BCUT2D eigenvalue weighted by Gasteiger charge is -2.35. The van der Waals surface area contributed by atoms with Crippen LogP contribution in [-0.2, 0) is 17.2 Å². The number of piperazine rings is 1. The Morgan fingerprint density at radius 1 is 1.13 bits per heavy atom. The van der Waals surface area contributed by atoms with Crippen molar-refractivity contribution in [3.63, 3.8) is 0 Å². The second-order valence-electron chi connectivity index (χ2n) is 7.42. The standard InChI is InChI=1S/C23H22F3N3OS/c1-16-14-27-10-9-19(16)17-5-4-6-18(13-17)21-15-28-11-12-29(21)31(30)22-8-3-2-7-20(22)23(24,25)26/h2-10,13-14,21,28H,11-12,15H2,1H3. The molecule has 1 fully saturated rings. The van der Waals surface area contributed by atoms with Crippen LogP contribution in [0.25, 0.3) is 11.1 Å². The minimum Gasteiger partial charge on any atom is -0.313 e. The van der Waals surface area contributed by atoms with Gasteiger partial charge >= 0.3 is 6.18 Å². The van der Waals surface area contributed by atoms with Crippen molar-refractivity contribution in [1.82, 2.24) is 14.6 Å². The molecule has 2 heterocycles. The zero-order valence-electron chi connectivity index (χ0n) is 16.9. The number of rotatable bonds is 4. The zero-order valence-corrected chi connectivity index (χ0v) is 17.7.